The molecule has 0 atom stereocenters. The number of aromatic nitrogens is 1. The molecule has 0 spiro atoms. The fourth-order valence-corrected chi connectivity index (χ4v) is 2.40. The van der Waals surface area contributed by atoms with Crippen molar-refractivity contribution in [1.29, 1.82) is 0 Å². The summed E-state index contributed by atoms with van der Waals surface area (Å²) in [6, 6.07) is 4.91. The van der Waals surface area contributed by atoms with Crippen LogP contribution in [0.15, 0.2) is 29.4 Å². The van der Waals surface area contributed by atoms with Gasteiger partial charge in [-0.15, -0.1) is 0 Å². The maximum atomic E-state index is 12.3. The third-order valence-electron chi connectivity index (χ3n) is 3.35. The van der Waals surface area contributed by atoms with Crippen LogP contribution in [0.4, 0.5) is 13.2 Å². The zero-order chi connectivity index (χ0) is 14.6. The smallest absolute Gasteiger partial charge is 0.274 e. The number of halogens is 3. The van der Waals surface area contributed by atoms with Crippen molar-refractivity contribution >= 4 is 5.91 Å². The largest absolute Gasteiger partial charge is 0.397 e. The summed E-state index contributed by atoms with van der Waals surface area (Å²) in [7, 11) is 0. The Bertz CT molecular complexity index is 528. The van der Waals surface area contributed by atoms with Crippen LogP contribution in [-0.2, 0) is 0 Å². The summed E-state index contributed by atoms with van der Waals surface area (Å²) in [5, 5.41) is 0. The highest BCUT2D eigenvalue weighted by molar-refractivity contribution is 5.79. The molecule has 1 aromatic heterocycles. The van der Waals surface area contributed by atoms with Crippen LogP contribution < -0.4 is 5.49 Å². The molecule has 1 aromatic rings. The first kappa shape index (κ1) is 14.8. The number of hydrogen-bond donors (Lipinski definition) is 0. The van der Waals surface area contributed by atoms with Crippen LogP contribution >= 0.6 is 0 Å². The zero-order valence-electron chi connectivity index (χ0n) is 11.1. The molecule has 0 aromatic carbocycles. The summed E-state index contributed by atoms with van der Waals surface area (Å²) in [4.78, 5) is 16.1. The second-order valence-electron chi connectivity index (χ2n) is 5.04. The molecule has 1 fully saturated rings. The highest BCUT2D eigenvalue weighted by Crippen LogP contribution is 2.21. The van der Waals surface area contributed by atoms with E-state index in [2.05, 4.69) is 4.99 Å². The van der Waals surface area contributed by atoms with Crippen molar-refractivity contribution in [3.05, 3.63) is 29.9 Å². The van der Waals surface area contributed by atoms with Crippen molar-refractivity contribution in [1.82, 2.24) is 4.57 Å². The molecule has 0 radical (unpaired) electrons. The van der Waals surface area contributed by atoms with Gasteiger partial charge in [-0.2, -0.15) is 13.2 Å². The van der Waals surface area contributed by atoms with Crippen molar-refractivity contribution in [2.75, 3.05) is 0 Å². The average Bonchev–Trinajstić information content (AvgIpc) is 2.38. The van der Waals surface area contributed by atoms with Crippen molar-refractivity contribution in [2.24, 2.45) is 4.99 Å². The lowest BCUT2D eigenvalue weighted by atomic mass is 9.96. The molecule has 0 unspecified atom stereocenters. The van der Waals surface area contributed by atoms with Crippen molar-refractivity contribution < 1.29 is 18.0 Å². The van der Waals surface area contributed by atoms with Gasteiger partial charge in [-0.25, -0.2) is 0 Å². The van der Waals surface area contributed by atoms with E-state index in [1.807, 2.05) is 0 Å². The number of rotatable bonds is 2. The third kappa shape index (κ3) is 4.21. The minimum atomic E-state index is -4.50. The lowest BCUT2D eigenvalue weighted by molar-refractivity contribution is -0.126. The fraction of sp³-hybridized carbons (Fsp3) is 0.571. The maximum Gasteiger partial charge on any atom is 0.397 e. The normalized spacial score (nSPS) is 18.2. The Hall–Kier alpha value is -1.59. The minimum absolute atomic E-state index is 0.107. The van der Waals surface area contributed by atoms with E-state index in [9.17, 15) is 18.0 Å². The van der Waals surface area contributed by atoms with Crippen LogP contribution in [-0.4, -0.2) is 22.7 Å². The molecule has 1 heterocycles. The van der Waals surface area contributed by atoms with E-state index < -0.39 is 18.5 Å². The van der Waals surface area contributed by atoms with Crippen LogP contribution in [0.3, 0.4) is 0 Å². The van der Waals surface area contributed by atoms with Crippen molar-refractivity contribution in [3.63, 3.8) is 0 Å². The Morgan fingerprint density at radius 1 is 1.25 bits per heavy atom. The van der Waals surface area contributed by atoms with E-state index in [4.69, 9.17) is 0 Å². The molecule has 0 bridgehead atoms. The van der Waals surface area contributed by atoms with Crippen molar-refractivity contribution in [3.8, 4) is 0 Å². The first-order valence-corrected chi connectivity index (χ1v) is 6.77. The van der Waals surface area contributed by atoms with Gasteiger partial charge in [-0.1, -0.05) is 25.3 Å². The third-order valence-corrected chi connectivity index (χ3v) is 3.35. The van der Waals surface area contributed by atoms with Crippen LogP contribution in [0.5, 0.6) is 0 Å². The molecule has 0 N–H and O–H groups in total. The van der Waals surface area contributed by atoms with E-state index in [1.54, 1.807) is 12.1 Å². The quantitative estimate of drug-likeness (QED) is 0.821. The molecule has 6 heteroatoms. The highest BCUT2D eigenvalue weighted by Gasteiger charge is 2.31. The molecule has 3 nitrogen and oxygen atoms in total. The van der Waals surface area contributed by atoms with Gasteiger partial charge < -0.3 is 0 Å². The van der Waals surface area contributed by atoms with Gasteiger partial charge in [0.2, 0.25) is 5.91 Å². The lowest BCUT2D eigenvalue weighted by Crippen LogP contribution is -2.31. The van der Waals surface area contributed by atoms with Crippen molar-refractivity contribution in [2.45, 2.75) is 50.7 Å². The maximum absolute atomic E-state index is 12.3. The summed E-state index contributed by atoms with van der Waals surface area (Å²) >= 11 is 0. The second-order valence-corrected chi connectivity index (χ2v) is 5.04. The van der Waals surface area contributed by atoms with Gasteiger partial charge in [0.15, 0.2) is 0 Å². The molecular formula is C14H17F3N2O. The summed E-state index contributed by atoms with van der Waals surface area (Å²) in [5.41, 5.74) is 0.314. The molecule has 20 heavy (non-hydrogen) atoms. The van der Waals surface area contributed by atoms with E-state index in [0.29, 0.717) is 5.49 Å². The molecule has 1 aliphatic rings. The Morgan fingerprint density at radius 3 is 2.60 bits per heavy atom. The summed E-state index contributed by atoms with van der Waals surface area (Å²) in [5.74, 6) is -0.993. The Kier molecular flexibility index (Phi) is 4.62. The zero-order valence-corrected chi connectivity index (χ0v) is 11.1. The van der Waals surface area contributed by atoms with E-state index in [-0.39, 0.29) is 6.04 Å². The first-order chi connectivity index (χ1) is 9.46. The minimum Gasteiger partial charge on any atom is -0.274 e. The number of carbonyl (C=O) groups is 1. The summed E-state index contributed by atoms with van der Waals surface area (Å²) in [6.07, 6.45) is 0.583. The number of nitrogens with zero attached hydrogens (tertiary/aromatic N) is 2. The number of pyridine rings is 1. The molecule has 0 amide bonds. The van der Waals surface area contributed by atoms with Gasteiger partial charge in [0.1, 0.15) is 11.9 Å². The van der Waals surface area contributed by atoms with Gasteiger partial charge >= 0.3 is 6.18 Å². The number of alkyl halides is 3. The Balaban J connectivity index is 2.25. The predicted octanol–water partition coefficient (Wildman–Crippen LogP) is 3.31. The second kappa shape index (κ2) is 6.24. The van der Waals surface area contributed by atoms with Crippen LogP contribution in [0.1, 0.15) is 43.3 Å². The van der Waals surface area contributed by atoms with Crippen LogP contribution in [0, 0.1) is 0 Å². The highest BCUT2D eigenvalue weighted by atomic mass is 19.4. The molecule has 0 saturated heterocycles. The van der Waals surface area contributed by atoms with Crippen LogP contribution in [0.25, 0.3) is 0 Å². The topological polar surface area (TPSA) is 34.4 Å². The van der Waals surface area contributed by atoms with E-state index in [1.165, 1.54) is 18.7 Å². The molecular weight excluding hydrogens is 269 g/mol. The van der Waals surface area contributed by atoms with Gasteiger partial charge in [0, 0.05) is 6.20 Å². The Morgan fingerprint density at radius 2 is 1.95 bits per heavy atom. The first-order valence-electron chi connectivity index (χ1n) is 6.77. The standard InChI is InChI=1S/C14H17F3N2O/c15-14(16,17)10-13(20)19-9-5-4-8-12(19)18-11-6-2-1-3-7-11/h4-5,8-9,11H,1-3,6-7,10H2. The summed E-state index contributed by atoms with van der Waals surface area (Å²) < 4.78 is 38.0. The van der Waals surface area contributed by atoms with E-state index >= 15 is 0 Å². The molecule has 0 aliphatic heterocycles. The van der Waals surface area contributed by atoms with Gasteiger partial charge in [-0.3, -0.25) is 14.4 Å². The van der Waals surface area contributed by atoms with Gasteiger partial charge in [0.05, 0.1) is 6.04 Å². The number of hydrogen-bond acceptors (Lipinski definition) is 2. The fourth-order valence-electron chi connectivity index (χ4n) is 2.40. The van der Waals surface area contributed by atoms with Crippen LogP contribution in [0.2, 0.25) is 0 Å². The van der Waals surface area contributed by atoms with Gasteiger partial charge in [0.25, 0.3) is 0 Å². The molecule has 2 rings (SSSR count). The Labute approximate surface area is 115 Å². The van der Waals surface area contributed by atoms with Gasteiger partial charge in [-0.05, 0) is 25.0 Å². The molecule has 1 saturated carbocycles. The number of carbonyl (C=O) groups excluding carboxylic acids is 1. The van der Waals surface area contributed by atoms with E-state index in [0.717, 1.165) is 30.3 Å². The molecule has 110 valence electrons. The average molecular weight is 286 g/mol. The molecule has 1 aliphatic carbocycles. The SMILES string of the molecule is O=C(CC(F)(F)F)n1ccccc1=NC1CCCCC1. The monoisotopic (exact) mass is 286 g/mol. The predicted molar refractivity (Wildman–Crippen MR) is 68.2 cm³/mol. The lowest BCUT2D eigenvalue weighted by Gasteiger charge is -2.17. The summed E-state index contributed by atoms with van der Waals surface area (Å²) in [6.45, 7) is 0.